The second kappa shape index (κ2) is 12.7. The third-order valence-corrected chi connectivity index (χ3v) is 5.97. The Kier molecular flexibility index (Phi) is 9.65. The van der Waals surface area contributed by atoms with Crippen LogP contribution in [0.1, 0.15) is 45.9 Å². The average molecular weight is 522 g/mol. The number of ether oxygens (including phenoxy) is 2. The van der Waals surface area contributed by atoms with Gasteiger partial charge in [0.25, 0.3) is 0 Å². The van der Waals surface area contributed by atoms with Gasteiger partial charge in [0.2, 0.25) is 5.82 Å². The van der Waals surface area contributed by atoms with Gasteiger partial charge in [-0.05, 0) is 31.1 Å². The number of alkyl carbamates (subject to hydrolysis) is 1. The highest BCUT2D eigenvalue weighted by molar-refractivity contribution is 6.32. The van der Waals surface area contributed by atoms with Gasteiger partial charge in [-0.25, -0.2) is 23.5 Å². The van der Waals surface area contributed by atoms with Crippen LogP contribution in [0.5, 0.6) is 5.75 Å². The summed E-state index contributed by atoms with van der Waals surface area (Å²) in [7, 11) is 0. The van der Waals surface area contributed by atoms with E-state index in [9.17, 15) is 10.1 Å². The molecule has 2 heterocycles. The van der Waals surface area contributed by atoms with E-state index in [1.54, 1.807) is 0 Å². The van der Waals surface area contributed by atoms with Crippen molar-refractivity contribution in [3.63, 3.8) is 0 Å². The highest BCUT2D eigenvalue weighted by Crippen LogP contribution is 2.40. The van der Waals surface area contributed by atoms with Crippen LogP contribution in [-0.2, 0) is 4.74 Å². The minimum atomic E-state index is -0.887. The molecule has 0 bridgehead atoms. The second-order valence-corrected chi connectivity index (χ2v) is 9.56. The predicted octanol–water partition coefficient (Wildman–Crippen LogP) is 5.33. The molecule has 0 radical (unpaired) electrons. The summed E-state index contributed by atoms with van der Waals surface area (Å²) >= 11 is 6.32. The van der Waals surface area contributed by atoms with Crippen molar-refractivity contribution >= 4 is 23.5 Å². The number of nitriles is 1. The Morgan fingerprint density at radius 2 is 1.92 bits per heavy atom. The number of hydrogen-bond donors (Lipinski definition) is 1. The summed E-state index contributed by atoms with van der Waals surface area (Å²) in [5.41, 5.74) is -0.365. The van der Waals surface area contributed by atoms with Crippen LogP contribution < -0.4 is 15.0 Å². The Morgan fingerprint density at radius 1 is 1.25 bits per heavy atom. The molecule has 194 valence electrons. The number of amides is 1. The van der Waals surface area contributed by atoms with Crippen LogP contribution >= 0.6 is 11.6 Å². The highest BCUT2D eigenvalue weighted by atomic mass is 35.5. The molecule has 1 saturated heterocycles. The van der Waals surface area contributed by atoms with E-state index in [0.717, 1.165) is 25.0 Å². The van der Waals surface area contributed by atoms with Crippen molar-refractivity contribution in [3.8, 4) is 22.9 Å². The molecule has 8 nitrogen and oxygen atoms in total. The number of anilines is 1. The summed E-state index contributed by atoms with van der Waals surface area (Å²) in [5, 5.41) is 11.7. The summed E-state index contributed by atoms with van der Waals surface area (Å²) in [6, 6.07) is 3.99. The van der Waals surface area contributed by atoms with Gasteiger partial charge in [-0.1, -0.05) is 32.4 Å². The van der Waals surface area contributed by atoms with Crippen molar-refractivity contribution in [3.05, 3.63) is 34.7 Å². The normalized spacial score (nSPS) is 14.0. The van der Waals surface area contributed by atoms with E-state index in [4.69, 9.17) is 21.1 Å². The average Bonchev–Trinajstić information content (AvgIpc) is 2.83. The van der Waals surface area contributed by atoms with Crippen LogP contribution in [0.15, 0.2) is 12.1 Å². The maximum Gasteiger partial charge on any atom is 0.407 e. The smallest absolute Gasteiger partial charge is 0.407 e. The molecule has 1 aromatic heterocycles. The van der Waals surface area contributed by atoms with Gasteiger partial charge < -0.3 is 19.7 Å². The molecule has 36 heavy (non-hydrogen) atoms. The van der Waals surface area contributed by atoms with Crippen LogP contribution in [-0.4, -0.2) is 48.9 Å². The molecule has 0 spiro atoms. The maximum absolute atomic E-state index is 15.2. The van der Waals surface area contributed by atoms with E-state index >= 15 is 8.78 Å². The molecule has 2 aromatic rings. The first-order valence-electron chi connectivity index (χ1n) is 11.9. The first-order valence-corrected chi connectivity index (χ1v) is 12.3. The fourth-order valence-corrected chi connectivity index (χ4v) is 4.01. The second-order valence-electron chi connectivity index (χ2n) is 9.20. The van der Waals surface area contributed by atoms with Crippen LogP contribution in [0.2, 0.25) is 5.15 Å². The number of rotatable bonds is 9. The van der Waals surface area contributed by atoms with Crippen LogP contribution in [0, 0.1) is 34.8 Å². The zero-order chi connectivity index (χ0) is 26.2. The van der Waals surface area contributed by atoms with Gasteiger partial charge in [-0.3, -0.25) is 0 Å². The zero-order valence-corrected chi connectivity index (χ0v) is 21.4. The van der Waals surface area contributed by atoms with Gasteiger partial charge in [0.1, 0.15) is 34.4 Å². The van der Waals surface area contributed by atoms with Gasteiger partial charge in [-0.15, -0.1) is 0 Å². The summed E-state index contributed by atoms with van der Waals surface area (Å²) in [5.74, 6) is -0.958. The summed E-state index contributed by atoms with van der Waals surface area (Å²) in [6.45, 7) is 7.98. The number of hydrogen-bond acceptors (Lipinski definition) is 7. The summed E-state index contributed by atoms with van der Waals surface area (Å²) < 4.78 is 40.9. The lowest BCUT2D eigenvalue weighted by molar-refractivity contribution is 0.132. The van der Waals surface area contributed by atoms with Crippen LogP contribution in [0.25, 0.3) is 11.1 Å². The fraction of sp³-hybridized carbons (Fsp3) is 0.520. The molecule has 0 atom stereocenters. The zero-order valence-electron chi connectivity index (χ0n) is 20.6. The molecule has 1 aliphatic heterocycles. The lowest BCUT2D eigenvalue weighted by Crippen LogP contribution is -2.34. The molecule has 1 amide bonds. The molecule has 11 heteroatoms. The Bertz CT molecular complexity index is 1090. The number of carbonyl (C=O) groups is 1. The van der Waals surface area contributed by atoms with Gasteiger partial charge in [0, 0.05) is 31.8 Å². The molecular weight excluding hydrogens is 492 g/mol. The molecule has 0 aliphatic carbocycles. The highest BCUT2D eigenvalue weighted by Gasteiger charge is 2.27. The lowest BCUT2D eigenvalue weighted by atomic mass is 9.98. The van der Waals surface area contributed by atoms with Crippen molar-refractivity contribution in [2.75, 3.05) is 37.7 Å². The van der Waals surface area contributed by atoms with E-state index in [-0.39, 0.29) is 52.7 Å². The molecule has 1 N–H and O–H groups in total. The van der Waals surface area contributed by atoms with E-state index in [1.165, 1.54) is 0 Å². The number of aromatic nitrogens is 2. The number of nitrogens with zero attached hydrogens (tertiary/aromatic N) is 4. The predicted molar refractivity (Wildman–Crippen MR) is 132 cm³/mol. The minimum absolute atomic E-state index is 0.00447. The first kappa shape index (κ1) is 27.4. The molecule has 1 aromatic carbocycles. The number of piperidine rings is 1. The molecule has 1 fully saturated rings. The standard InChI is InChI=1S/C25H30ClF2N5O3/c1-15(2)14-36-25(34)30-7-4-10-35-17-11-18(27)21(19(28)12-17)22-23(26)31-20(13-29)32-24(22)33-8-5-16(3)6-9-33/h11-12,15-16H,4-10,14H2,1-3H3,(H,30,34). The summed E-state index contributed by atoms with van der Waals surface area (Å²) in [4.78, 5) is 21.6. The Balaban J connectivity index is 1.73. The Morgan fingerprint density at radius 3 is 2.53 bits per heavy atom. The number of nitrogens with one attached hydrogen (secondary N) is 1. The SMILES string of the molecule is CC(C)COC(=O)NCCCOc1cc(F)c(-c2c(Cl)nc(C#N)nc2N2CCC(C)CC2)c(F)c1. The largest absolute Gasteiger partial charge is 0.493 e. The first-order chi connectivity index (χ1) is 17.2. The van der Waals surface area contributed by atoms with Crippen molar-refractivity contribution in [1.82, 2.24) is 15.3 Å². The van der Waals surface area contributed by atoms with Gasteiger partial charge in [0.15, 0.2) is 0 Å². The monoisotopic (exact) mass is 521 g/mol. The van der Waals surface area contributed by atoms with E-state index in [2.05, 4.69) is 22.2 Å². The molecule has 0 saturated carbocycles. The van der Waals surface area contributed by atoms with Crippen molar-refractivity contribution in [2.45, 2.75) is 40.0 Å². The lowest BCUT2D eigenvalue weighted by Gasteiger charge is -2.32. The van der Waals surface area contributed by atoms with Crippen molar-refractivity contribution < 1.29 is 23.0 Å². The molecule has 1 aliphatic rings. The van der Waals surface area contributed by atoms with E-state index < -0.39 is 17.7 Å². The van der Waals surface area contributed by atoms with E-state index in [0.29, 0.717) is 32.0 Å². The summed E-state index contributed by atoms with van der Waals surface area (Å²) in [6.07, 6.45) is 1.65. The number of benzene rings is 1. The van der Waals surface area contributed by atoms with Crippen LogP contribution in [0.3, 0.4) is 0 Å². The van der Waals surface area contributed by atoms with Gasteiger partial charge >= 0.3 is 6.09 Å². The van der Waals surface area contributed by atoms with E-state index in [1.807, 2.05) is 24.8 Å². The van der Waals surface area contributed by atoms with Gasteiger partial charge in [-0.2, -0.15) is 5.26 Å². The Hall–Kier alpha value is -3.19. The quantitative estimate of drug-likeness (QED) is 0.351. The minimum Gasteiger partial charge on any atom is -0.493 e. The molecule has 3 rings (SSSR count). The molecular formula is C25H30ClF2N5O3. The topological polar surface area (TPSA) is 100 Å². The fourth-order valence-electron chi connectivity index (χ4n) is 3.75. The third-order valence-electron chi connectivity index (χ3n) is 5.70. The van der Waals surface area contributed by atoms with Crippen molar-refractivity contribution in [1.29, 1.82) is 5.26 Å². The molecule has 0 unspecified atom stereocenters. The van der Waals surface area contributed by atoms with Crippen molar-refractivity contribution in [2.24, 2.45) is 11.8 Å². The van der Waals surface area contributed by atoms with Gasteiger partial charge in [0.05, 0.1) is 24.3 Å². The van der Waals surface area contributed by atoms with Crippen LogP contribution in [0.4, 0.5) is 19.4 Å². The number of carbonyl (C=O) groups excluding carboxylic acids is 1. The maximum atomic E-state index is 15.2. The third kappa shape index (κ3) is 7.17. The Labute approximate surface area is 214 Å². The number of halogens is 3.